The Morgan fingerprint density at radius 3 is 2.75 bits per heavy atom. The topological polar surface area (TPSA) is 47.4 Å². The number of aromatic nitrogens is 2. The molecule has 1 aromatic carbocycles. The van der Waals surface area contributed by atoms with E-state index in [4.69, 9.17) is 4.74 Å². The van der Waals surface area contributed by atoms with E-state index in [1.54, 1.807) is 40.4 Å². The molecule has 0 unspecified atom stereocenters. The van der Waals surface area contributed by atoms with Gasteiger partial charge in [0.15, 0.2) is 0 Å². The number of hydrogen-bond donors (Lipinski definition) is 0. The number of thiophene rings is 1. The second-order valence-corrected chi connectivity index (χ2v) is 6.50. The highest BCUT2D eigenvalue weighted by Crippen LogP contribution is 2.17. The van der Waals surface area contributed by atoms with E-state index in [2.05, 4.69) is 11.2 Å². The average Bonchev–Trinajstić information content (AvgIpc) is 3.27. The van der Waals surface area contributed by atoms with Crippen molar-refractivity contribution < 1.29 is 9.53 Å². The van der Waals surface area contributed by atoms with Gasteiger partial charge in [0.1, 0.15) is 18.9 Å². The highest BCUT2D eigenvalue weighted by Gasteiger charge is 2.10. The van der Waals surface area contributed by atoms with Gasteiger partial charge in [-0.15, -0.1) is 11.3 Å². The number of carbonyl (C=O) groups is 1. The maximum absolute atomic E-state index is 12.2. The van der Waals surface area contributed by atoms with Crippen molar-refractivity contribution in [2.24, 2.45) is 0 Å². The van der Waals surface area contributed by atoms with Gasteiger partial charge in [0.2, 0.25) is 5.91 Å². The maximum Gasteiger partial charge on any atom is 0.244 e. The standard InChI is InChI=1S/C18H19N3O2S/c1-20(18(22)13-21-10-3-9-19-21)12-15-5-7-16(8-6-15)23-14-17-4-2-11-24-17/h2-11H,12-14H2,1H3. The molecule has 0 atom stereocenters. The van der Waals surface area contributed by atoms with Crippen LogP contribution >= 0.6 is 11.3 Å². The molecule has 0 saturated heterocycles. The van der Waals surface area contributed by atoms with Crippen LogP contribution in [-0.4, -0.2) is 27.6 Å². The van der Waals surface area contributed by atoms with Gasteiger partial charge in [0.05, 0.1) is 0 Å². The fraction of sp³-hybridized carbons (Fsp3) is 0.222. The largest absolute Gasteiger partial charge is 0.488 e. The van der Waals surface area contributed by atoms with Crippen LogP contribution in [0.4, 0.5) is 0 Å². The van der Waals surface area contributed by atoms with E-state index in [0.717, 1.165) is 11.3 Å². The summed E-state index contributed by atoms with van der Waals surface area (Å²) >= 11 is 1.68. The molecule has 1 amide bonds. The Bertz CT molecular complexity index is 752. The molecule has 0 N–H and O–H groups in total. The molecule has 2 aromatic heterocycles. The fourth-order valence-corrected chi connectivity index (χ4v) is 2.87. The van der Waals surface area contributed by atoms with Crippen molar-refractivity contribution in [3.63, 3.8) is 0 Å². The number of likely N-dealkylation sites (N-methyl/N-ethyl adjacent to an activating group) is 1. The van der Waals surface area contributed by atoms with Crippen molar-refractivity contribution in [3.05, 3.63) is 70.7 Å². The number of amides is 1. The average molecular weight is 341 g/mol. The van der Waals surface area contributed by atoms with E-state index in [0.29, 0.717) is 13.2 Å². The fourth-order valence-electron chi connectivity index (χ4n) is 2.26. The molecule has 3 aromatic rings. The van der Waals surface area contributed by atoms with Gasteiger partial charge in [-0.05, 0) is 35.2 Å². The van der Waals surface area contributed by atoms with Crippen LogP contribution in [0.3, 0.4) is 0 Å². The first-order valence-electron chi connectivity index (χ1n) is 7.66. The number of hydrogen-bond acceptors (Lipinski definition) is 4. The van der Waals surface area contributed by atoms with E-state index in [9.17, 15) is 4.79 Å². The quantitative estimate of drug-likeness (QED) is 0.663. The first-order chi connectivity index (χ1) is 11.7. The molecule has 3 rings (SSSR count). The summed E-state index contributed by atoms with van der Waals surface area (Å²) in [6.07, 6.45) is 3.45. The third-order valence-corrected chi connectivity index (χ3v) is 4.44. The predicted octanol–water partition coefficient (Wildman–Crippen LogP) is 3.18. The van der Waals surface area contributed by atoms with E-state index in [1.807, 2.05) is 41.8 Å². The number of rotatable bonds is 7. The van der Waals surface area contributed by atoms with Crippen LogP contribution in [-0.2, 0) is 24.5 Å². The Balaban J connectivity index is 1.50. The van der Waals surface area contributed by atoms with Crippen LogP contribution in [0, 0.1) is 0 Å². The minimum absolute atomic E-state index is 0.0247. The van der Waals surface area contributed by atoms with Gasteiger partial charge in [-0.25, -0.2) is 0 Å². The molecule has 0 spiro atoms. The predicted molar refractivity (Wildman–Crippen MR) is 93.8 cm³/mol. The molecule has 0 aliphatic rings. The van der Waals surface area contributed by atoms with Gasteiger partial charge in [-0.2, -0.15) is 5.10 Å². The van der Waals surface area contributed by atoms with Crippen LogP contribution < -0.4 is 4.74 Å². The molecule has 0 fully saturated rings. The summed E-state index contributed by atoms with van der Waals surface area (Å²) in [5.41, 5.74) is 1.06. The molecule has 6 heteroatoms. The zero-order valence-corrected chi connectivity index (χ0v) is 14.3. The number of carbonyl (C=O) groups excluding carboxylic acids is 1. The molecule has 0 aliphatic heterocycles. The lowest BCUT2D eigenvalue weighted by atomic mass is 10.2. The Morgan fingerprint density at radius 2 is 2.08 bits per heavy atom. The van der Waals surface area contributed by atoms with Crippen LogP contribution in [0.25, 0.3) is 0 Å². The molecule has 0 radical (unpaired) electrons. The summed E-state index contributed by atoms with van der Waals surface area (Å²) in [6, 6.07) is 13.7. The number of ether oxygens (including phenoxy) is 1. The van der Waals surface area contributed by atoms with E-state index in [-0.39, 0.29) is 12.5 Å². The van der Waals surface area contributed by atoms with Crippen molar-refractivity contribution in [2.45, 2.75) is 19.7 Å². The molecular formula is C18H19N3O2S. The highest BCUT2D eigenvalue weighted by molar-refractivity contribution is 7.09. The van der Waals surface area contributed by atoms with Gasteiger partial charge < -0.3 is 9.64 Å². The lowest BCUT2D eigenvalue weighted by Gasteiger charge is -2.17. The Hall–Kier alpha value is -2.60. The normalized spacial score (nSPS) is 10.5. The lowest BCUT2D eigenvalue weighted by Crippen LogP contribution is -2.29. The third kappa shape index (κ3) is 4.45. The van der Waals surface area contributed by atoms with Crippen molar-refractivity contribution >= 4 is 17.2 Å². The monoisotopic (exact) mass is 341 g/mol. The summed E-state index contributed by atoms with van der Waals surface area (Å²) in [7, 11) is 1.80. The zero-order valence-electron chi connectivity index (χ0n) is 13.5. The van der Waals surface area contributed by atoms with E-state index < -0.39 is 0 Å². The molecule has 24 heavy (non-hydrogen) atoms. The molecule has 5 nitrogen and oxygen atoms in total. The van der Waals surface area contributed by atoms with Crippen LogP contribution in [0.1, 0.15) is 10.4 Å². The lowest BCUT2D eigenvalue weighted by molar-refractivity contribution is -0.131. The smallest absolute Gasteiger partial charge is 0.244 e. The molecular weight excluding hydrogens is 322 g/mol. The molecule has 0 saturated carbocycles. The van der Waals surface area contributed by atoms with Crippen LogP contribution in [0.15, 0.2) is 60.2 Å². The van der Waals surface area contributed by atoms with E-state index in [1.165, 1.54) is 4.88 Å². The van der Waals surface area contributed by atoms with Crippen molar-refractivity contribution in [1.29, 1.82) is 0 Å². The summed E-state index contributed by atoms with van der Waals surface area (Å²) in [5, 5.41) is 6.09. The molecule has 2 heterocycles. The summed E-state index contributed by atoms with van der Waals surface area (Å²) in [6.45, 7) is 1.40. The van der Waals surface area contributed by atoms with Gasteiger partial charge in [-0.1, -0.05) is 18.2 Å². The molecule has 124 valence electrons. The first kappa shape index (κ1) is 16.3. The first-order valence-corrected chi connectivity index (χ1v) is 8.54. The molecule has 0 bridgehead atoms. The number of benzene rings is 1. The van der Waals surface area contributed by atoms with Gasteiger partial charge in [-0.3, -0.25) is 9.48 Å². The third-order valence-electron chi connectivity index (χ3n) is 3.59. The van der Waals surface area contributed by atoms with E-state index >= 15 is 0 Å². The second kappa shape index (κ2) is 7.79. The summed E-state index contributed by atoms with van der Waals surface area (Å²) in [5.74, 6) is 0.856. The summed E-state index contributed by atoms with van der Waals surface area (Å²) < 4.78 is 7.37. The number of nitrogens with zero attached hydrogens (tertiary/aromatic N) is 3. The second-order valence-electron chi connectivity index (χ2n) is 5.47. The van der Waals surface area contributed by atoms with Crippen LogP contribution in [0.2, 0.25) is 0 Å². The van der Waals surface area contributed by atoms with Crippen molar-refractivity contribution in [2.75, 3.05) is 7.05 Å². The Morgan fingerprint density at radius 1 is 1.25 bits per heavy atom. The maximum atomic E-state index is 12.2. The van der Waals surface area contributed by atoms with Gasteiger partial charge in [0, 0.05) is 30.9 Å². The minimum atomic E-state index is 0.0247. The zero-order chi connectivity index (χ0) is 16.8. The van der Waals surface area contributed by atoms with Crippen molar-refractivity contribution in [1.82, 2.24) is 14.7 Å². The van der Waals surface area contributed by atoms with Gasteiger partial charge >= 0.3 is 0 Å². The van der Waals surface area contributed by atoms with Crippen LogP contribution in [0.5, 0.6) is 5.75 Å². The Kier molecular flexibility index (Phi) is 5.28. The highest BCUT2D eigenvalue weighted by atomic mass is 32.1. The van der Waals surface area contributed by atoms with Crippen molar-refractivity contribution in [3.8, 4) is 5.75 Å². The Labute approximate surface area is 145 Å². The summed E-state index contributed by atoms with van der Waals surface area (Å²) in [4.78, 5) is 15.1. The minimum Gasteiger partial charge on any atom is -0.488 e. The SMILES string of the molecule is CN(Cc1ccc(OCc2cccs2)cc1)C(=O)Cn1cccn1. The van der Waals surface area contributed by atoms with Gasteiger partial charge in [0.25, 0.3) is 0 Å². The molecule has 0 aliphatic carbocycles.